The lowest BCUT2D eigenvalue weighted by molar-refractivity contribution is -0.133. The van der Waals surface area contributed by atoms with E-state index in [0.717, 1.165) is 22.1 Å². The predicted molar refractivity (Wildman–Crippen MR) is 91.8 cm³/mol. The zero-order valence-corrected chi connectivity index (χ0v) is 14.9. The van der Waals surface area contributed by atoms with Gasteiger partial charge in [-0.05, 0) is 41.1 Å². The second-order valence-electron chi connectivity index (χ2n) is 4.27. The van der Waals surface area contributed by atoms with Crippen LogP contribution in [0.2, 0.25) is 5.02 Å². The number of benzene rings is 1. The number of carbonyl (C=O) groups is 1. The highest BCUT2D eigenvalue weighted by atomic mass is 127. The molecule has 5 nitrogen and oxygen atoms in total. The Morgan fingerprint density at radius 3 is 2.86 bits per heavy atom. The highest BCUT2D eigenvalue weighted by Crippen LogP contribution is 2.28. The van der Waals surface area contributed by atoms with E-state index in [1.807, 2.05) is 22.8 Å². The highest BCUT2D eigenvalue weighted by Gasteiger charge is 2.15. The van der Waals surface area contributed by atoms with Gasteiger partial charge >= 0.3 is 5.97 Å². The normalized spacial score (nSPS) is 10.8. The second-order valence-corrected chi connectivity index (χ2v) is 6.78. The predicted octanol–water partition coefficient (Wildman–Crippen LogP) is 3.79. The van der Waals surface area contributed by atoms with Crippen molar-refractivity contribution < 1.29 is 9.90 Å². The lowest BCUT2D eigenvalue weighted by Crippen LogP contribution is -2.04. The first-order valence-corrected chi connectivity index (χ1v) is 8.70. The molecule has 0 bridgehead atoms. The molecule has 0 aliphatic heterocycles. The van der Waals surface area contributed by atoms with E-state index in [4.69, 9.17) is 16.7 Å². The molecule has 2 aromatic rings. The van der Waals surface area contributed by atoms with Crippen LogP contribution in [0.15, 0.2) is 23.4 Å². The smallest absolute Gasteiger partial charge is 0.313 e. The summed E-state index contributed by atoms with van der Waals surface area (Å²) in [4.78, 5) is 10.7. The molecule has 1 aromatic heterocycles. The Hall–Kier alpha value is -0.800. The van der Waals surface area contributed by atoms with Gasteiger partial charge < -0.3 is 9.67 Å². The maximum absolute atomic E-state index is 10.7. The van der Waals surface area contributed by atoms with Crippen molar-refractivity contribution in [1.82, 2.24) is 14.8 Å². The fourth-order valence-electron chi connectivity index (χ4n) is 1.80. The van der Waals surface area contributed by atoms with Gasteiger partial charge in [-0.1, -0.05) is 36.4 Å². The van der Waals surface area contributed by atoms with Crippen molar-refractivity contribution in [1.29, 1.82) is 0 Å². The van der Waals surface area contributed by atoms with E-state index in [9.17, 15) is 4.79 Å². The van der Waals surface area contributed by atoms with Gasteiger partial charge in [0.05, 0.1) is 10.8 Å². The second kappa shape index (κ2) is 7.46. The molecule has 0 fully saturated rings. The summed E-state index contributed by atoms with van der Waals surface area (Å²) in [6.45, 7) is 2.78. The minimum absolute atomic E-state index is 0.0324. The van der Waals surface area contributed by atoms with Gasteiger partial charge in [-0.15, -0.1) is 10.2 Å². The molecule has 0 radical (unpaired) electrons. The van der Waals surface area contributed by atoms with Crippen molar-refractivity contribution >= 4 is 51.9 Å². The molecule has 0 atom stereocenters. The third-order valence-corrected chi connectivity index (χ3v) is 5.19. The van der Waals surface area contributed by atoms with Crippen LogP contribution in [0.25, 0.3) is 11.4 Å². The van der Waals surface area contributed by atoms with Crippen LogP contribution in [0.4, 0.5) is 0 Å². The van der Waals surface area contributed by atoms with Gasteiger partial charge in [0.2, 0.25) is 0 Å². The molecule has 112 valence electrons. The summed E-state index contributed by atoms with van der Waals surface area (Å²) in [5.41, 5.74) is 0.878. The molecule has 0 saturated heterocycles. The molecule has 21 heavy (non-hydrogen) atoms. The van der Waals surface area contributed by atoms with Gasteiger partial charge in [0.15, 0.2) is 11.0 Å². The molecule has 1 N–H and O–H groups in total. The van der Waals surface area contributed by atoms with Crippen molar-refractivity contribution in [2.45, 2.75) is 25.0 Å². The Balaban J connectivity index is 2.38. The standard InChI is InChI=1S/C13H13ClIN3O2S/c1-2-5-18-12(8-3-4-10(15)9(14)6-8)16-17-13(18)21-7-11(19)20/h3-4,6H,2,5,7H2,1H3,(H,19,20). The number of thioether (sulfide) groups is 1. The first-order valence-electron chi connectivity index (χ1n) is 6.26. The van der Waals surface area contributed by atoms with Crippen molar-refractivity contribution in [3.63, 3.8) is 0 Å². The summed E-state index contributed by atoms with van der Waals surface area (Å²) in [5, 5.41) is 18.4. The molecule has 8 heteroatoms. The highest BCUT2D eigenvalue weighted by molar-refractivity contribution is 14.1. The Bertz CT molecular complexity index is 663. The van der Waals surface area contributed by atoms with Crippen molar-refractivity contribution in [2.24, 2.45) is 0 Å². The topological polar surface area (TPSA) is 68.0 Å². The van der Waals surface area contributed by atoms with Crippen LogP contribution in [0.1, 0.15) is 13.3 Å². The van der Waals surface area contributed by atoms with E-state index in [1.54, 1.807) is 0 Å². The average molecular weight is 438 g/mol. The lowest BCUT2D eigenvalue weighted by Gasteiger charge is -2.09. The zero-order chi connectivity index (χ0) is 15.4. The number of rotatable bonds is 6. The van der Waals surface area contributed by atoms with E-state index in [0.29, 0.717) is 16.0 Å². The molecule has 0 aliphatic carbocycles. The SMILES string of the molecule is CCCn1c(SCC(=O)O)nnc1-c1ccc(I)c(Cl)c1. The molecular formula is C13H13ClIN3O2S. The number of carboxylic acids is 1. The van der Waals surface area contributed by atoms with Gasteiger partial charge in [-0.3, -0.25) is 4.79 Å². The van der Waals surface area contributed by atoms with Crippen LogP contribution in [-0.4, -0.2) is 31.6 Å². The largest absolute Gasteiger partial charge is 0.481 e. The summed E-state index contributed by atoms with van der Waals surface area (Å²) in [7, 11) is 0. The minimum Gasteiger partial charge on any atom is -0.481 e. The monoisotopic (exact) mass is 437 g/mol. The van der Waals surface area contributed by atoms with E-state index in [1.165, 1.54) is 11.8 Å². The molecule has 2 rings (SSSR count). The number of halogens is 2. The number of hydrogen-bond acceptors (Lipinski definition) is 4. The van der Waals surface area contributed by atoms with E-state index >= 15 is 0 Å². The van der Waals surface area contributed by atoms with Crippen molar-refractivity contribution in [3.8, 4) is 11.4 Å². The summed E-state index contributed by atoms with van der Waals surface area (Å²) in [5.74, 6) is -0.192. The van der Waals surface area contributed by atoms with Crippen LogP contribution < -0.4 is 0 Å². The molecule has 1 heterocycles. The maximum atomic E-state index is 10.7. The van der Waals surface area contributed by atoms with Crippen LogP contribution in [0, 0.1) is 3.57 Å². The summed E-state index contributed by atoms with van der Waals surface area (Å²) in [6, 6.07) is 5.72. The lowest BCUT2D eigenvalue weighted by atomic mass is 10.2. The van der Waals surface area contributed by atoms with E-state index in [2.05, 4.69) is 39.7 Å². The molecular weight excluding hydrogens is 425 g/mol. The van der Waals surface area contributed by atoms with Crippen molar-refractivity contribution in [2.75, 3.05) is 5.75 Å². The number of carboxylic acid groups (broad SMARTS) is 1. The fraction of sp³-hybridized carbons (Fsp3) is 0.308. The van der Waals surface area contributed by atoms with Gasteiger partial charge in [-0.2, -0.15) is 0 Å². The number of nitrogens with zero attached hydrogens (tertiary/aromatic N) is 3. The summed E-state index contributed by atoms with van der Waals surface area (Å²) < 4.78 is 2.91. The first-order chi connectivity index (χ1) is 10.0. The summed E-state index contributed by atoms with van der Waals surface area (Å²) in [6.07, 6.45) is 0.907. The average Bonchev–Trinajstić information content (AvgIpc) is 2.83. The van der Waals surface area contributed by atoms with E-state index < -0.39 is 5.97 Å². The Morgan fingerprint density at radius 2 is 2.24 bits per heavy atom. The first kappa shape index (κ1) is 16.6. The quantitative estimate of drug-likeness (QED) is 0.550. The van der Waals surface area contributed by atoms with Gasteiger partial charge in [0.25, 0.3) is 0 Å². The Labute approximate surface area is 145 Å². The summed E-state index contributed by atoms with van der Waals surface area (Å²) >= 11 is 9.50. The molecule has 1 aromatic carbocycles. The van der Waals surface area contributed by atoms with Crippen LogP contribution in [0.5, 0.6) is 0 Å². The molecule has 0 unspecified atom stereocenters. The van der Waals surface area contributed by atoms with E-state index in [-0.39, 0.29) is 5.75 Å². The molecule has 0 aliphatic rings. The molecule has 0 saturated carbocycles. The Kier molecular flexibility index (Phi) is 5.88. The van der Waals surface area contributed by atoms with Crippen molar-refractivity contribution in [3.05, 3.63) is 26.8 Å². The van der Waals surface area contributed by atoms with Gasteiger partial charge in [-0.25, -0.2) is 0 Å². The third-order valence-electron chi connectivity index (χ3n) is 2.67. The minimum atomic E-state index is -0.870. The van der Waals surface area contributed by atoms with Crippen LogP contribution >= 0.6 is 46.0 Å². The number of hydrogen-bond donors (Lipinski definition) is 1. The number of aliphatic carboxylic acids is 1. The fourth-order valence-corrected chi connectivity index (χ4v) is 3.00. The van der Waals surface area contributed by atoms with Gasteiger partial charge in [0, 0.05) is 15.7 Å². The zero-order valence-electron chi connectivity index (χ0n) is 11.2. The van der Waals surface area contributed by atoms with Gasteiger partial charge in [0.1, 0.15) is 0 Å². The number of aromatic nitrogens is 3. The maximum Gasteiger partial charge on any atom is 0.313 e. The Morgan fingerprint density at radius 1 is 1.48 bits per heavy atom. The third kappa shape index (κ3) is 4.10. The van der Waals surface area contributed by atoms with Crippen LogP contribution in [-0.2, 0) is 11.3 Å². The van der Waals surface area contributed by atoms with Crippen LogP contribution in [0.3, 0.4) is 0 Å². The molecule has 0 spiro atoms. The molecule has 0 amide bonds.